The summed E-state index contributed by atoms with van der Waals surface area (Å²) in [6.07, 6.45) is 1.08. The van der Waals surface area contributed by atoms with E-state index >= 15 is 4.39 Å². The van der Waals surface area contributed by atoms with Gasteiger partial charge in [0.25, 0.3) is 5.91 Å². The van der Waals surface area contributed by atoms with E-state index in [4.69, 9.17) is 19.9 Å². The maximum Gasteiger partial charge on any atom is 0.252 e. The standard InChI is InChI=1S/C23H25FN4O4/c1-12-7-13(2)27-23(31-4)20(12)14-5-6-15(17(24)8-14)21-16(22(25)29)9-26-28(21)18-10-32-11-19(18)30-3/h5-9,18-19H,10-11H2,1-4H3,(H2,25,29). The molecule has 2 atom stereocenters. The molecule has 9 heteroatoms. The van der Waals surface area contributed by atoms with Crippen molar-refractivity contribution in [3.8, 4) is 28.3 Å². The molecule has 0 radical (unpaired) electrons. The number of rotatable bonds is 6. The molecule has 1 aliphatic rings. The number of nitrogens with two attached hydrogens (primary N) is 1. The Labute approximate surface area is 185 Å². The third-order valence-electron chi connectivity index (χ3n) is 5.70. The van der Waals surface area contributed by atoms with Crippen molar-refractivity contribution in [2.75, 3.05) is 27.4 Å². The molecular formula is C23H25FN4O4. The predicted octanol–water partition coefficient (Wildman–Crippen LogP) is 3.06. The van der Waals surface area contributed by atoms with Crippen molar-refractivity contribution in [2.24, 2.45) is 5.73 Å². The number of halogens is 1. The van der Waals surface area contributed by atoms with Crippen LogP contribution in [0, 0.1) is 19.7 Å². The first kappa shape index (κ1) is 21.9. The van der Waals surface area contributed by atoms with Crippen molar-refractivity contribution in [3.63, 3.8) is 0 Å². The number of nitrogens with zero attached hydrogens (tertiary/aromatic N) is 3. The monoisotopic (exact) mass is 440 g/mol. The topological polar surface area (TPSA) is 101 Å². The number of carbonyl (C=O) groups is 1. The minimum absolute atomic E-state index is 0.129. The molecule has 1 fully saturated rings. The summed E-state index contributed by atoms with van der Waals surface area (Å²) in [7, 11) is 3.11. The van der Waals surface area contributed by atoms with Crippen LogP contribution in [-0.2, 0) is 9.47 Å². The van der Waals surface area contributed by atoms with E-state index in [0.717, 1.165) is 11.3 Å². The summed E-state index contributed by atoms with van der Waals surface area (Å²) in [6, 6.07) is 6.38. The molecule has 4 rings (SSSR count). The second-order valence-electron chi connectivity index (χ2n) is 7.75. The summed E-state index contributed by atoms with van der Waals surface area (Å²) < 4.78 is 33.5. The van der Waals surface area contributed by atoms with E-state index < -0.39 is 11.7 Å². The Bertz CT molecular complexity index is 1180. The number of amides is 1. The molecule has 3 heterocycles. The zero-order valence-electron chi connectivity index (χ0n) is 18.4. The Morgan fingerprint density at radius 2 is 2.03 bits per heavy atom. The zero-order chi connectivity index (χ0) is 23.0. The summed E-state index contributed by atoms with van der Waals surface area (Å²) in [6.45, 7) is 4.50. The molecule has 8 nitrogen and oxygen atoms in total. The predicted molar refractivity (Wildman–Crippen MR) is 116 cm³/mol. The number of benzene rings is 1. The quantitative estimate of drug-likeness (QED) is 0.632. The third-order valence-corrected chi connectivity index (χ3v) is 5.70. The SMILES string of the molecule is COc1nc(C)cc(C)c1-c1ccc(-c2c(C(N)=O)cnn2C2COCC2OC)c(F)c1. The smallest absolute Gasteiger partial charge is 0.252 e. The molecular weight excluding hydrogens is 415 g/mol. The van der Waals surface area contributed by atoms with Crippen LogP contribution in [0.15, 0.2) is 30.5 Å². The van der Waals surface area contributed by atoms with Crippen molar-refractivity contribution >= 4 is 5.91 Å². The van der Waals surface area contributed by atoms with Crippen molar-refractivity contribution in [3.05, 3.63) is 53.1 Å². The molecule has 0 bridgehead atoms. The highest BCUT2D eigenvalue weighted by Gasteiger charge is 2.34. The number of pyridine rings is 1. The van der Waals surface area contributed by atoms with Gasteiger partial charge in [-0.3, -0.25) is 9.48 Å². The second kappa shape index (κ2) is 8.68. The van der Waals surface area contributed by atoms with E-state index in [2.05, 4.69) is 10.1 Å². The maximum atomic E-state index is 15.5. The molecule has 0 spiro atoms. The van der Waals surface area contributed by atoms with Gasteiger partial charge in [0.05, 0.1) is 37.8 Å². The maximum absolute atomic E-state index is 15.5. The Morgan fingerprint density at radius 3 is 2.69 bits per heavy atom. The summed E-state index contributed by atoms with van der Waals surface area (Å²) in [4.78, 5) is 16.5. The van der Waals surface area contributed by atoms with E-state index in [-0.39, 0.29) is 23.3 Å². The van der Waals surface area contributed by atoms with Crippen LogP contribution in [0.2, 0.25) is 0 Å². The average Bonchev–Trinajstić information content (AvgIpc) is 3.39. The molecule has 0 aliphatic carbocycles. The van der Waals surface area contributed by atoms with Gasteiger partial charge in [-0.25, -0.2) is 9.37 Å². The van der Waals surface area contributed by atoms with Gasteiger partial charge in [-0.05, 0) is 43.2 Å². The van der Waals surface area contributed by atoms with Gasteiger partial charge in [-0.2, -0.15) is 5.10 Å². The second-order valence-corrected chi connectivity index (χ2v) is 7.75. The molecule has 3 aromatic rings. The fraction of sp³-hybridized carbons (Fsp3) is 0.348. The number of aryl methyl sites for hydroxylation is 2. The molecule has 1 aliphatic heterocycles. The molecule has 2 aromatic heterocycles. The van der Waals surface area contributed by atoms with E-state index in [1.165, 1.54) is 19.4 Å². The van der Waals surface area contributed by atoms with Gasteiger partial charge in [0, 0.05) is 23.9 Å². The van der Waals surface area contributed by atoms with Crippen molar-refractivity contribution in [2.45, 2.75) is 26.0 Å². The molecule has 1 aromatic carbocycles. The van der Waals surface area contributed by atoms with E-state index in [0.29, 0.717) is 35.9 Å². The first-order chi connectivity index (χ1) is 15.3. The molecule has 1 amide bonds. The lowest BCUT2D eigenvalue weighted by Gasteiger charge is -2.20. The Morgan fingerprint density at radius 1 is 1.25 bits per heavy atom. The lowest BCUT2D eigenvalue weighted by atomic mass is 9.97. The van der Waals surface area contributed by atoms with E-state index in [1.807, 2.05) is 19.9 Å². The normalized spacial score (nSPS) is 18.2. The Balaban J connectivity index is 1.85. The third kappa shape index (κ3) is 3.74. The lowest BCUT2D eigenvalue weighted by Crippen LogP contribution is -2.26. The van der Waals surface area contributed by atoms with Crippen molar-refractivity contribution in [1.29, 1.82) is 0 Å². The van der Waals surface area contributed by atoms with Crippen LogP contribution < -0.4 is 10.5 Å². The highest BCUT2D eigenvalue weighted by atomic mass is 19.1. The van der Waals surface area contributed by atoms with Crippen LogP contribution >= 0.6 is 0 Å². The molecule has 32 heavy (non-hydrogen) atoms. The van der Waals surface area contributed by atoms with Gasteiger partial charge in [0.2, 0.25) is 5.88 Å². The molecule has 2 unspecified atom stereocenters. The number of primary amides is 1. The summed E-state index contributed by atoms with van der Waals surface area (Å²) in [5, 5.41) is 4.33. The van der Waals surface area contributed by atoms with Crippen LogP contribution in [-0.4, -0.2) is 54.2 Å². The van der Waals surface area contributed by atoms with Crippen LogP contribution in [0.25, 0.3) is 22.4 Å². The summed E-state index contributed by atoms with van der Waals surface area (Å²) >= 11 is 0. The van der Waals surface area contributed by atoms with Gasteiger partial charge in [-0.15, -0.1) is 0 Å². The van der Waals surface area contributed by atoms with Gasteiger partial charge in [0.1, 0.15) is 18.0 Å². The number of carbonyl (C=O) groups excluding carboxylic acids is 1. The zero-order valence-corrected chi connectivity index (χ0v) is 18.4. The number of methoxy groups -OCH3 is 2. The summed E-state index contributed by atoms with van der Waals surface area (Å²) in [5.74, 6) is -0.798. The first-order valence-corrected chi connectivity index (χ1v) is 10.2. The number of ether oxygens (including phenoxy) is 3. The van der Waals surface area contributed by atoms with Gasteiger partial charge < -0.3 is 19.9 Å². The molecule has 2 N–H and O–H groups in total. The van der Waals surface area contributed by atoms with Crippen molar-refractivity contribution in [1.82, 2.24) is 14.8 Å². The minimum Gasteiger partial charge on any atom is -0.481 e. The number of hydrogen-bond acceptors (Lipinski definition) is 6. The Hall–Kier alpha value is -3.30. The van der Waals surface area contributed by atoms with Crippen LogP contribution in [0.4, 0.5) is 4.39 Å². The summed E-state index contributed by atoms with van der Waals surface area (Å²) in [5.41, 5.74) is 9.24. The fourth-order valence-corrected chi connectivity index (χ4v) is 4.20. The molecule has 168 valence electrons. The van der Waals surface area contributed by atoms with Gasteiger partial charge >= 0.3 is 0 Å². The largest absolute Gasteiger partial charge is 0.481 e. The number of hydrogen-bond donors (Lipinski definition) is 1. The van der Waals surface area contributed by atoms with Crippen molar-refractivity contribution < 1.29 is 23.4 Å². The Kier molecular flexibility index (Phi) is 5.94. The highest BCUT2D eigenvalue weighted by Crippen LogP contribution is 2.37. The van der Waals surface area contributed by atoms with Crippen LogP contribution in [0.5, 0.6) is 5.88 Å². The molecule has 0 saturated carbocycles. The fourth-order valence-electron chi connectivity index (χ4n) is 4.20. The average molecular weight is 440 g/mol. The van der Waals surface area contributed by atoms with Crippen LogP contribution in [0.1, 0.15) is 27.7 Å². The first-order valence-electron chi connectivity index (χ1n) is 10.2. The van der Waals surface area contributed by atoms with Gasteiger partial charge in [0.15, 0.2) is 0 Å². The highest BCUT2D eigenvalue weighted by molar-refractivity contribution is 5.99. The lowest BCUT2D eigenvalue weighted by molar-refractivity contribution is 0.0667. The van der Waals surface area contributed by atoms with E-state index in [1.54, 1.807) is 23.9 Å². The minimum atomic E-state index is -0.692. The molecule has 1 saturated heterocycles. The van der Waals surface area contributed by atoms with Gasteiger partial charge in [-0.1, -0.05) is 6.07 Å². The van der Waals surface area contributed by atoms with Crippen LogP contribution in [0.3, 0.4) is 0 Å². The number of aromatic nitrogens is 3. The van der Waals surface area contributed by atoms with E-state index in [9.17, 15) is 4.79 Å².